The van der Waals surface area contributed by atoms with Gasteiger partial charge in [0.25, 0.3) is 0 Å². The summed E-state index contributed by atoms with van der Waals surface area (Å²) in [5, 5.41) is 2.81. The minimum atomic E-state index is -0.608. The maximum atomic E-state index is 11.8. The minimum absolute atomic E-state index is 0.111. The molecule has 6 heteroatoms. The van der Waals surface area contributed by atoms with Crippen LogP contribution in [0.15, 0.2) is 0 Å². The van der Waals surface area contributed by atoms with Gasteiger partial charge in [0, 0.05) is 6.54 Å². The van der Waals surface area contributed by atoms with Gasteiger partial charge in [-0.2, -0.15) is 0 Å². The predicted molar refractivity (Wildman–Crippen MR) is 60.0 cm³/mol. The molecule has 1 saturated heterocycles. The quantitative estimate of drug-likeness (QED) is 0.528. The molecule has 0 bridgehead atoms. The van der Waals surface area contributed by atoms with E-state index in [0.717, 1.165) is 6.42 Å². The number of nitrogens with zero attached hydrogens (tertiary/aromatic N) is 1. The maximum absolute atomic E-state index is 11.8. The van der Waals surface area contributed by atoms with Gasteiger partial charge in [0.1, 0.15) is 6.04 Å². The SMILES string of the molecule is CCCN1C(=O)CC(NC(C)C(=O)OC)C1=O. The predicted octanol–water partition coefficient (Wildman–Crippen LogP) is -0.325. The second-order valence-corrected chi connectivity index (χ2v) is 4.05. The van der Waals surface area contributed by atoms with Crippen molar-refractivity contribution in [3.63, 3.8) is 0 Å². The van der Waals surface area contributed by atoms with E-state index in [9.17, 15) is 14.4 Å². The Bertz CT molecular complexity index is 329. The van der Waals surface area contributed by atoms with E-state index in [1.54, 1.807) is 6.92 Å². The fourth-order valence-electron chi connectivity index (χ4n) is 1.82. The molecule has 1 rings (SSSR count). The molecular formula is C11H18N2O4. The maximum Gasteiger partial charge on any atom is 0.322 e. The highest BCUT2D eigenvalue weighted by molar-refractivity contribution is 6.05. The first-order valence-corrected chi connectivity index (χ1v) is 5.69. The summed E-state index contributed by atoms with van der Waals surface area (Å²) < 4.78 is 4.55. The molecule has 0 radical (unpaired) electrons. The number of hydrogen-bond acceptors (Lipinski definition) is 5. The summed E-state index contributed by atoms with van der Waals surface area (Å²) in [4.78, 5) is 35.8. The number of hydrogen-bond donors (Lipinski definition) is 1. The Morgan fingerprint density at radius 1 is 1.59 bits per heavy atom. The van der Waals surface area contributed by atoms with E-state index in [0.29, 0.717) is 6.54 Å². The highest BCUT2D eigenvalue weighted by atomic mass is 16.5. The zero-order valence-electron chi connectivity index (χ0n) is 10.4. The summed E-state index contributed by atoms with van der Waals surface area (Å²) in [6.07, 6.45) is 0.844. The normalized spacial score (nSPS) is 21.8. The van der Waals surface area contributed by atoms with E-state index in [1.807, 2.05) is 6.92 Å². The third kappa shape index (κ3) is 3.03. The van der Waals surface area contributed by atoms with Crippen molar-refractivity contribution in [1.82, 2.24) is 10.2 Å². The van der Waals surface area contributed by atoms with Crippen LogP contribution in [0, 0.1) is 0 Å². The highest BCUT2D eigenvalue weighted by Gasteiger charge is 2.39. The van der Waals surface area contributed by atoms with E-state index >= 15 is 0 Å². The van der Waals surface area contributed by atoms with Crippen LogP contribution >= 0.6 is 0 Å². The van der Waals surface area contributed by atoms with Crippen molar-refractivity contribution in [2.75, 3.05) is 13.7 Å². The molecule has 0 aromatic rings. The number of rotatable bonds is 5. The van der Waals surface area contributed by atoms with Gasteiger partial charge in [-0.05, 0) is 13.3 Å². The van der Waals surface area contributed by atoms with Gasteiger partial charge in [0.15, 0.2) is 0 Å². The Kier molecular flexibility index (Phi) is 4.62. The third-order valence-corrected chi connectivity index (χ3v) is 2.70. The lowest BCUT2D eigenvalue weighted by Crippen LogP contribution is -2.46. The van der Waals surface area contributed by atoms with Crippen LogP contribution in [-0.4, -0.2) is 48.4 Å². The van der Waals surface area contributed by atoms with Gasteiger partial charge >= 0.3 is 5.97 Å². The Balaban J connectivity index is 2.60. The molecule has 96 valence electrons. The number of esters is 1. The molecule has 0 aromatic carbocycles. The van der Waals surface area contributed by atoms with Crippen LogP contribution in [0.4, 0.5) is 0 Å². The van der Waals surface area contributed by atoms with Gasteiger partial charge in [-0.1, -0.05) is 6.92 Å². The molecule has 2 amide bonds. The van der Waals surface area contributed by atoms with Crippen molar-refractivity contribution < 1.29 is 19.1 Å². The monoisotopic (exact) mass is 242 g/mol. The molecule has 6 nitrogen and oxygen atoms in total. The van der Waals surface area contributed by atoms with E-state index in [1.165, 1.54) is 12.0 Å². The van der Waals surface area contributed by atoms with Crippen molar-refractivity contribution in [3.05, 3.63) is 0 Å². The van der Waals surface area contributed by atoms with Crippen LogP contribution in [0.3, 0.4) is 0 Å². The van der Waals surface area contributed by atoms with E-state index in [2.05, 4.69) is 10.1 Å². The molecule has 2 atom stereocenters. The molecule has 1 N–H and O–H groups in total. The first-order valence-electron chi connectivity index (χ1n) is 5.69. The van der Waals surface area contributed by atoms with E-state index in [4.69, 9.17) is 0 Å². The Labute approximate surface area is 100 Å². The Morgan fingerprint density at radius 3 is 2.76 bits per heavy atom. The first kappa shape index (κ1) is 13.6. The number of methoxy groups -OCH3 is 1. The van der Waals surface area contributed by atoms with Crippen molar-refractivity contribution in [2.45, 2.75) is 38.8 Å². The van der Waals surface area contributed by atoms with Gasteiger partial charge in [0.2, 0.25) is 11.8 Å². The first-order chi connectivity index (χ1) is 8.01. The lowest BCUT2D eigenvalue weighted by atomic mass is 10.2. The molecule has 1 heterocycles. The summed E-state index contributed by atoms with van der Waals surface area (Å²) in [7, 11) is 1.28. The summed E-state index contributed by atoms with van der Waals surface area (Å²) in [6, 6.07) is -1.20. The van der Waals surface area contributed by atoms with Crippen LogP contribution in [0.25, 0.3) is 0 Å². The second-order valence-electron chi connectivity index (χ2n) is 4.05. The topological polar surface area (TPSA) is 75.7 Å². The van der Waals surface area contributed by atoms with Crippen LogP contribution in [0.1, 0.15) is 26.7 Å². The molecule has 0 saturated carbocycles. The van der Waals surface area contributed by atoms with E-state index in [-0.39, 0.29) is 18.2 Å². The van der Waals surface area contributed by atoms with Gasteiger partial charge < -0.3 is 4.74 Å². The molecule has 1 aliphatic heterocycles. The summed E-state index contributed by atoms with van der Waals surface area (Å²) >= 11 is 0. The summed E-state index contributed by atoms with van der Waals surface area (Å²) in [5.41, 5.74) is 0. The van der Waals surface area contributed by atoms with Crippen LogP contribution in [0.2, 0.25) is 0 Å². The third-order valence-electron chi connectivity index (χ3n) is 2.70. The molecule has 2 unspecified atom stereocenters. The average Bonchev–Trinajstić information content (AvgIpc) is 2.56. The lowest BCUT2D eigenvalue weighted by Gasteiger charge is -2.17. The van der Waals surface area contributed by atoms with Gasteiger partial charge in [-0.3, -0.25) is 24.6 Å². The standard InChI is InChI=1S/C11H18N2O4/c1-4-5-13-9(14)6-8(10(13)15)12-7(2)11(16)17-3/h7-8,12H,4-6H2,1-3H3. The zero-order chi connectivity index (χ0) is 13.0. The Hall–Kier alpha value is -1.43. The largest absolute Gasteiger partial charge is 0.468 e. The van der Waals surface area contributed by atoms with Gasteiger partial charge in [0.05, 0.1) is 19.6 Å². The summed E-state index contributed by atoms with van der Waals surface area (Å²) in [6.45, 7) is 3.94. The number of ether oxygens (including phenoxy) is 1. The second kappa shape index (κ2) is 5.77. The van der Waals surface area contributed by atoms with Crippen LogP contribution in [0.5, 0.6) is 0 Å². The summed E-state index contributed by atoms with van der Waals surface area (Å²) in [5.74, 6) is -0.891. The Morgan fingerprint density at radius 2 is 2.24 bits per heavy atom. The average molecular weight is 242 g/mol. The fraction of sp³-hybridized carbons (Fsp3) is 0.727. The molecular weight excluding hydrogens is 224 g/mol. The van der Waals surface area contributed by atoms with Crippen molar-refractivity contribution in [3.8, 4) is 0 Å². The molecule has 0 aliphatic carbocycles. The molecule has 1 fully saturated rings. The molecule has 17 heavy (non-hydrogen) atoms. The molecule has 0 aromatic heterocycles. The van der Waals surface area contributed by atoms with E-state index < -0.39 is 18.1 Å². The van der Waals surface area contributed by atoms with Gasteiger partial charge in [-0.15, -0.1) is 0 Å². The number of imide groups is 1. The fourth-order valence-corrected chi connectivity index (χ4v) is 1.82. The molecule has 0 spiro atoms. The number of likely N-dealkylation sites (tertiary alicyclic amines) is 1. The number of carbonyl (C=O) groups is 3. The van der Waals surface area contributed by atoms with Gasteiger partial charge in [-0.25, -0.2) is 0 Å². The molecule has 1 aliphatic rings. The zero-order valence-corrected chi connectivity index (χ0v) is 10.4. The van der Waals surface area contributed by atoms with Crippen molar-refractivity contribution >= 4 is 17.8 Å². The van der Waals surface area contributed by atoms with Crippen LogP contribution in [-0.2, 0) is 19.1 Å². The van der Waals surface area contributed by atoms with Crippen molar-refractivity contribution in [2.24, 2.45) is 0 Å². The number of carbonyl (C=O) groups excluding carboxylic acids is 3. The highest BCUT2D eigenvalue weighted by Crippen LogP contribution is 2.14. The minimum Gasteiger partial charge on any atom is -0.468 e. The number of amides is 2. The van der Waals surface area contributed by atoms with Crippen molar-refractivity contribution in [1.29, 1.82) is 0 Å². The van der Waals surface area contributed by atoms with Crippen LogP contribution < -0.4 is 5.32 Å². The smallest absolute Gasteiger partial charge is 0.322 e. The number of nitrogens with one attached hydrogen (secondary N) is 1. The lowest BCUT2D eigenvalue weighted by molar-refractivity contribution is -0.143.